The van der Waals surface area contributed by atoms with Crippen LogP contribution in [0, 0.1) is 0 Å². The summed E-state index contributed by atoms with van der Waals surface area (Å²) in [5, 5.41) is 9.54. The van der Waals surface area contributed by atoms with E-state index < -0.39 is 10.0 Å². The van der Waals surface area contributed by atoms with Crippen molar-refractivity contribution in [3.63, 3.8) is 0 Å². The van der Waals surface area contributed by atoms with Gasteiger partial charge < -0.3 is 9.52 Å². The zero-order valence-electron chi connectivity index (χ0n) is 11.5. The molecule has 1 aromatic carbocycles. The first kappa shape index (κ1) is 16.0. The Morgan fingerprint density at radius 1 is 1.33 bits per heavy atom. The van der Waals surface area contributed by atoms with Crippen LogP contribution in [0.1, 0.15) is 18.2 Å². The number of nitrogens with zero attached hydrogens (tertiary/aromatic N) is 1. The summed E-state index contributed by atoms with van der Waals surface area (Å²) in [6.45, 7) is 1.90. The number of aliphatic hydroxyl groups is 1. The van der Waals surface area contributed by atoms with Crippen LogP contribution in [0.25, 0.3) is 0 Å². The van der Waals surface area contributed by atoms with E-state index >= 15 is 0 Å². The fraction of sp³-hybridized carbons (Fsp3) is 0.286. The van der Waals surface area contributed by atoms with Gasteiger partial charge in [-0.3, -0.25) is 0 Å². The van der Waals surface area contributed by atoms with E-state index in [9.17, 15) is 13.5 Å². The average Bonchev–Trinajstić information content (AvgIpc) is 2.97. The molecule has 0 saturated carbocycles. The van der Waals surface area contributed by atoms with E-state index in [0.29, 0.717) is 22.9 Å². The molecule has 114 valence electrons. The lowest BCUT2D eigenvalue weighted by Crippen LogP contribution is -2.30. The van der Waals surface area contributed by atoms with Gasteiger partial charge in [-0.15, -0.1) is 0 Å². The van der Waals surface area contributed by atoms with Gasteiger partial charge in [-0.25, -0.2) is 8.42 Å². The second-order valence-electron chi connectivity index (χ2n) is 4.42. The highest BCUT2D eigenvalue weighted by Crippen LogP contribution is 2.24. The first-order valence-corrected chi connectivity index (χ1v) is 8.22. The predicted octanol–water partition coefficient (Wildman–Crippen LogP) is 2.64. The maximum atomic E-state index is 12.6. The summed E-state index contributed by atoms with van der Waals surface area (Å²) < 4.78 is 31.8. The van der Waals surface area contributed by atoms with Crippen molar-refractivity contribution in [3.05, 3.63) is 52.9 Å². The molecule has 0 amide bonds. The van der Waals surface area contributed by atoms with E-state index in [1.54, 1.807) is 19.1 Å². The molecule has 0 unspecified atom stereocenters. The van der Waals surface area contributed by atoms with Crippen LogP contribution in [0.3, 0.4) is 0 Å². The van der Waals surface area contributed by atoms with E-state index in [1.807, 2.05) is 0 Å². The molecular weight excluding hydrogens is 314 g/mol. The Balaban J connectivity index is 2.35. The maximum Gasteiger partial charge on any atom is 0.243 e. The molecule has 0 fully saturated rings. The zero-order chi connectivity index (χ0) is 15.5. The second kappa shape index (κ2) is 6.62. The van der Waals surface area contributed by atoms with Crippen LogP contribution in [0.2, 0.25) is 5.02 Å². The van der Waals surface area contributed by atoms with Crippen molar-refractivity contribution >= 4 is 21.6 Å². The molecule has 2 aromatic rings. The molecule has 1 heterocycles. The number of sulfonamides is 1. The molecule has 0 aliphatic rings. The number of aliphatic hydroxyl groups excluding tert-OH is 1. The Morgan fingerprint density at radius 2 is 2.10 bits per heavy atom. The highest BCUT2D eigenvalue weighted by Gasteiger charge is 2.24. The SMILES string of the molecule is CCN(Cc1ccco1)S(=O)(=O)c1ccc(Cl)c(CO)c1. The molecule has 5 nitrogen and oxygen atoms in total. The lowest BCUT2D eigenvalue weighted by molar-refractivity contribution is 0.281. The zero-order valence-corrected chi connectivity index (χ0v) is 13.1. The minimum Gasteiger partial charge on any atom is -0.468 e. The molecule has 21 heavy (non-hydrogen) atoms. The average molecular weight is 330 g/mol. The van der Waals surface area contributed by atoms with Crippen LogP contribution >= 0.6 is 11.6 Å². The first-order valence-electron chi connectivity index (χ1n) is 6.41. The van der Waals surface area contributed by atoms with Crippen LogP contribution in [0.15, 0.2) is 45.9 Å². The number of halogens is 1. The summed E-state index contributed by atoms with van der Waals surface area (Å²) in [5.74, 6) is 0.566. The van der Waals surface area contributed by atoms with Gasteiger partial charge in [0, 0.05) is 11.6 Å². The molecule has 1 aromatic heterocycles. The smallest absolute Gasteiger partial charge is 0.243 e. The topological polar surface area (TPSA) is 70.8 Å². The van der Waals surface area contributed by atoms with Gasteiger partial charge in [0.2, 0.25) is 10.0 Å². The highest BCUT2D eigenvalue weighted by atomic mass is 35.5. The molecule has 0 radical (unpaired) electrons. The van der Waals surface area contributed by atoms with Gasteiger partial charge in [0.1, 0.15) is 5.76 Å². The van der Waals surface area contributed by atoms with Crippen molar-refractivity contribution in [2.45, 2.75) is 25.0 Å². The Bertz CT molecular complexity index is 698. The highest BCUT2D eigenvalue weighted by molar-refractivity contribution is 7.89. The van der Waals surface area contributed by atoms with E-state index in [4.69, 9.17) is 16.0 Å². The monoisotopic (exact) mass is 329 g/mol. The first-order chi connectivity index (χ1) is 9.98. The summed E-state index contributed by atoms with van der Waals surface area (Å²) in [6, 6.07) is 7.73. The Hall–Kier alpha value is -1.34. The Labute approximate surface area is 128 Å². The van der Waals surface area contributed by atoms with Gasteiger partial charge in [0.15, 0.2) is 0 Å². The Morgan fingerprint density at radius 3 is 2.67 bits per heavy atom. The largest absolute Gasteiger partial charge is 0.468 e. The minimum absolute atomic E-state index is 0.101. The van der Waals surface area contributed by atoms with Crippen LogP contribution in [0.5, 0.6) is 0 Å². The third-order valence-electron chi connectivity index (χ3n) is 3.09. The Kier molecular flexibility index (Phi) is 5.05. The van der Waals surface area contributed by atoms with Crippen LogP contribution in [-0.2, 0) is 23.2 Å². The molecular formula is C14H16ClNO4S. The van der Waals surface area contributed by atoms with Gasteiger partial charge >= 0.3 is 0 Å². The molecule has 0 spiro atoms. The molecule has 1 N–H and O–H groups in total. The lowest BCUT2D eigenvalue weighted by Gasteiger charge is -2.20. The van der Waals surface area contributed by atoms with E-state index in [1.165, 1.54) is 28.8 Å². The summed E-state index contributed by atoms with van der Waals surface area (Å²) in [7, 11) is -3.67. The normalized spacial score (nSPS) is 12.0. The van der Waals surface area contributed by atoms with Gasteiger partial charge in [0.05, 0.1) is 24.3 Å². The quantitative estimate of drug-likeness (QED) is 0.884. The second-order valence-corrected chi connectivity index (χ2v) is 6.77. The summed E-state index contributed by atoms with van der Waals surface area (Å²) >= 11 is 5.89. The maximum absolute atomic E-state index is 12.6. The third kappa shape index (κ3) is 3.47. The summed E-state index contributed by atoms with van der Waals surface area (Å²) in [4.78, 5) is 0.101. The van der Waals surface area contributed by atoms with Gasteiger partial charge in [-0.1, -0.05) is 18.5 Å². The van der Waals surface area contributed by atoms with Crippen LogP contribution in [-0.4, -0.2) is 24.4 Å². The van der Waals surface area contributed by atoms with Crippen molar-refractivity contribution in [2.24, 2.45) is 0 Å². The summed E-state index contributed by atoms with van der Waals surface area (Å²) in [6.07, 6.45) is 1.50. The van der Waals surface area contributed by atoms with Gasteiger partial charge in [-0.05, 0) is 35.9 Å². The van der Waals surface area contributed by atoms with Crippen LogP contribution in [0.4, 0.5) is 0 Å². The molecule has 0 saturated heterocycles. The predicted molar refractivity (Wildman–Crippen MR) is 79.4 cm³/mol. The van der Waals surface area contributed by atoms with Crippen molar-refractivity contribution in [1.82, 2.24) is 4.31 Å². The number of benzene rings is 1. The molecule has 7 heteroatoms. The molecule has 0 atom stereocenters. The number of hydrogen-bond donors (Lipinski definition) is 1. The summed E-state index contributed by atoms with van der Waals surface area (Å²) in [5.41, 5.74) is 0.381. The molecule has 0 bridgehead atoms. The van der Waals surface area contributed by atoms with Crippen LogP contribution < -0.4 is 0 Å². The fourth-order valence-electron chi connectivity index (χ4n) is 1.92. The number of furan rings is 1. The van der Waals surface area contributed by atoms with Gasteiger partial charge in [0.25, 0.3) is 0 Å². The number of hydrogen-bond acceptors (Lipinski definition) is 4. The van der Waals surface area contributed by atoms with Crippen molar-refractivity contribution < 1.29 is 17.9 Å². The van der Waals surface area contributed by atoms with E-state index in [0.717, 1.165) is 0 Å². The molecule has 2 rings (SSSR count). The van der Waals surface area contributed by atoms with Crippen molar-refractivity contribution in [2.75, 3.05) is 6.54 Å². The lowest BCUT2D eigenvalue weighted by atomic mass is 10.2. The van der Waals surface area contributed by atoms with Gasteiger partial charge in [-0.2, -0.15) is 4.31 Å². The van der Waals surface area contributed by atoms with E-state index in [2.05, 4.69) is 0 Å². The molecule has 0 aliphatic heterocycles. The van der Waals surface area contributed by atoms with E-state index in [-0.39, 0.29) is 18.0 Å². The standard InChI is InChI=1S/C14H16ClNO4S/c1-2-16(9-12-4-3-7-20-12)21(18,19)13-5-6-14(15)11(8-13)10-17/h3-8,17H,2,9-10H2,1H3. The third-order valence-corrected chi connectivity index (χ3v) is 5.38. The minimum atomic E-state index is -3.67. The van der Waals surface area contributed by atoms with Crippen molar-refractivity contribution in [3.8, 4) is 0 Å². The fourth-order valence-corrected chi connectivity index (χ4v) is 3.57. The molecule has 0 aliphatic carbocycles. The number of rotatable bonds is 6. The van der Waals surface area contributed by atoms with Crippen molar-refractivity contribution in [1.29, 1.82) is 0 Å².